The Bertz CT molecular complexity index is 558. The molecule has 2 rings (SSSR count). The lowest BCUT2D eigenvalue weighted by Crippen LogP contribution is -1.86. The van der Waals surface area contributed by atoms with Gasteiger partial charge < -0.3 is 14.7 Å². The second-order valence-corrected chi connectivity index (χ2v) is 3.32. The summed E-state index contributed by atoms with van der Waals surface area (Å²) in [6, 6.07) is 6.31. The number of aromatic hydroxyl groups is 1. The van der Waals surface area contributed by atoms with Crippen LogP contribution in [0.3, 0.4) is 0 Å². The number of carboxylic acids is 1. The van der Waals surface area contributed by atoms with Gasteiger partial charge in [-0.25, -0.2) is 4.79 Å². The smallest absolute Gasteiger partial charge is 0.328 e. The molecule has 17 heavy (non-hydrogen) atoms. The van der Waals surface area contributed by atoms with Crippen LogP contribution in [0.2, 0.25) is 0 Å². The van der Waals surface area contributed by atoms with Crippen LogP contribution in [0.1, 0.15) is 5.56 Å². The largest absolute Gasteiger partial charge is 0.507 e. The number of hydrogen-bond donors (Lipinski definition) is 2. The fourth-order valence-electron chi connectivity index (χ4n) is 1.38. The van der Waals surface area contributed by atoms with Gasteiger partial charge in [-0.2, -0.15) is 0 Å². The molecule has 0 unspecified atom stereocenters. The molecule has 0 radical (unpaired) electrons. The number of carbonyl (C=O) groups is 1. The van der Waals surface area contributed by atoms with E-state index in [0.717, 1.165) is 6.08 Å². The third kappa shape index (κ3) is 2.52. The maximum absolute atomic E-state index is 10.4. The molecule has 1 heterocycles. The average molecular weight is 231 g/mol. The molecule has 0 atom stereocenters. The van der Waals surface area contributed by atoms with Crippen LogP contribution in [0.5, 0.6) is 5.75 Å². The molecule has 0 bridgehead atoms. The van der Waals surface area contributed by atoms with Crippen LogP contribution < -0.4 is 0 Å². The summed E-state index contributed by atoms with van der Waals surface area (Å²) in [5, 5.41) is 21.7. The van der Waals surface area contributed by atoms with Gasteiger partial charge in [-0.15, -0.1) is 0 Å². The minimum Gasteiger partial charge on any atom is -0.507 e. The van der Waals surface area contributed by atoms with Gasteiger partial charge in [-0.05, 0) is 23.8 Å². The van der Waals surface area contributed by atoms with Crippen LogP contribution in [-0.2, 0) is 4.79 Å². The minimum atomic E-state index is -1.03. The normalized spacial score (nSPS) is 10.8. The highest BCUT2D eigenvalue weighted by Gasteiger charge is 2.08. The van der Waals surface area contributed by atoms with E-state index in [1.807, 2.05) is 0 Å². The predicted octanol–water partition coefficient (Wildman–Crippen LogP) is 2.14. The first-order chi connectivity index (χ1) is 8.16. The van der Waals surface area contributed by atoms with Gasteiger partial charge in [0.15, 0.2) is 5.76 Å². The summed E-state index contributed by atoms with van der Waals surface area (Å²) in [6.45, 7) is 0. The standard InChI is InChI=1S/C12H9NO4/c14-10-3-1-8(2-4-12(15)16)7-9(10)11-5-6-13-17-11/h1-7,14H,(H,15,16). The molecule has 86 valence electrons. The Kier molecular flexibility index (Phi) is 2.91. The van der Waals surface area contributed by atoms with E-state index in [-0.39, 0.29) is 5.75 Å². The number of phenols is 1. The Hall–Kier alpha value is -2.56. The number of aliphatic carboxylic acids is 1. The molecular weight excluding hydrogens is 222 g/mol. The van der Waals surface area contributed by atoms with E-state index in [2.05, 4.69) is 5.16 Å². The van der Waals surface area contributed by atoms with E-state index in [1.54, 1.807) is 18.2 Å². The molecule has 0 aliphatic heterocycles. The Morgan fingerprint density at radius 2 is 2.18 bits per heavy atom. The zero-order valence-electron chi connectivity index (χ0n) is 8.70. The third-order valence-electron chi connectivity index (χ3n) is 2.14. The number of phenolic OH excluding ortho intramolecular Hbond substituents is 1. The van der Waals surface area contributed by atoms with Crippen molar-refractivity contribution in [2.45, 2.75) is 0 Å². The number of nitrogens with zero attached hydrogens (tertiary/aromatic N) is 1. The van der Waals surface area contributed by atoms with Gasteiger partial charge in [-0.1, -0.05) is 11.2 Å². The number of benzene rings is 1. The number of rotatable bonds is 3. The first kappa shape index (κ1) is 10.9. The monoisotopic (exact) mass is 231 g/mol. The van der Waals surface area contributed by atoms with Crippen molar-refractivity contribution in [3.8, 4) is 17.1 Å². The zero-order chi connectivity index (χ0) is 12.3. The molecule has 0 aliphatic rings. The van der Waals surface area contributed by atoms with E-state index in [1.165, 1.54) is 18.3 Å². The average Bonchev–Trinajstić information content (AvgIpc) is 2.81. The first-order valence-corrected chi connectivity index (χ1v) is 4.82. The molecular formula is C12H9NO4. The van der Waals surface area contributed by atoms with E-state index < -0.39 is 5.97 Å². The Balaban J connectivity index is 2.40. The second kappa shape index (κ2) is 4.52. The van der Waals surface area contributed by atoms with E-state index in [9.17, 15) is 9.90 Å². The SMILES string of the molecule is O=C(O)C=Cc1ccc(O)c(-c2ccno2)c1. The van der Waals surface area contributed by atoms with Crippen molar-refractivity contribution >= 4 is 12.0 Å². The van der Waals surface area contributed by atoms with Gasteiger partial charge >= 0.3 is 5.97 Å². The molecule has 0 spiro atoms. The topological polar surface area (TPSA) is 83.6 Å². The maximum Gasteiger partial charge on any atom is 0.328 e. The van der Waals surface area contributed by atoms with Crippen LogP contribution >= 0.6 is 0 Å². The van der Waals surface area contributed by atoms with Crippen LogP contribution in [0, 0.1) is 0 Å². The summed E-state index contributed by atoms with van der Waals surface area (Å²) in [5.41, 5.74) is 1.12. The maximum atomic E-state index is 10.4. The summed E-state index contributed by atoms with van der Waals surface area (Å²) in [7, 11) is 0. The summed E-state index contributed by atoms with van der Waals surface area (Å²) >= 11 is 0. The van der Waals surface area contributed by atoms with Crippen molar-refractivity contribution in [3.63, 3.8) is 0 Å². The lowest BCUT2D eigenvalue weighted by Gasteiger charge is -2.01. The molecule has 0 saturated heterocycles. The van der Waals surface area contributed by atoms with E-state index >= 15 is 0 Å². The highest BCUT2D eigenvalue weighted by atomic mass is 16.5. The molecule has 5 heteroatoms. The van der Waals surface area contributed by atoms with Crippen LogP contribution in [0.4, 0.5) is 0 Å². The molecule has 0 amide bonds. The van der Waals surface area contributed by atoms with Crippen LogP contribution in [-0.4, -0.2) is 21.3 Å². The highest BCUT2D eigenvalue weighted by Crippen LogP contribution is 2.29. The molecule has 5 nitrogen and oxygen atoms in total. The summed E-state index contributed by atoms with van der Waals surface area (Å²) in [4.78, 5) is 10.4. The molecule has 0 saturated carbocycles. The van der Waals surface area contributed by atoms with Gasteiger partial charge in [-0.3, -0.25) is 0 Å². The third-order valence-corrected chi connectivity index (χ3v) is 2.14. The van der Waals surface area contributed by atoms with Gasteiger partial charge in [0.1, 0.15) is 5.75 Å². The predicted molar refractivity (Wildman–Crippen MR) is 60.3 cm³/mol. The van der Waals surface area contributed by atoms with Crippen molar-refractivity contribution in [3.05, 3.63) is 42.1 Å². The highest BCUT2D eigenvalue weighted by molar-refractivity contribution is 5.85. The van der Waals surface area contributed by atoms with Crippen molar-refractivity contribution in [1.82, 2.24) is 5.16 Å². The van der Waals surface area contributed by atoms with Crippen LogP contribution in [0.25, 0.3) is 17.4 Å². The molecule has 1 aromatic carbocycles. The fraction of sp³-hybridized carbons (Fsp3) is 0. The quantitative estimate of drug-likeness (QED) is 0.790. The van der Waals surface area contributed by atoms with E-state index in [0.29, 0.717) is 16.9 Å². The van der Waals surface area contributed by atoms with Crippen LogP contribution in [0.15, 0.2) is 41.1 Å². The minimum absolute atomic E-state index is 0.0502. The van der Waals surface area contributed by atoms with Gasteiger partial charge in [0, 0.05) is 12.1 Å². The van der Waals surface area contributed by atoms with E-state index in [4.69, 9.17) is 9.63 Å². The lowest BCUT2D eigenvalue weighted by atomic mass is 10.1. The van der Waals surface area contributed by atoms with Gasteiger partial charge in [0.2, 0.25) is 0 Å². The van der Waals surface area contributed by atoms with Crippen molar-refractivity contribution < 1.29 is 19.5 Å². The Labute approximate surface area is 96.6 Å². The Morgan fingerprint density at radius 1 is 1.35 bits per heavy atom. The van der Waals surface area contributed by atoms with Crippen molar-refractivity contribution in [2.24, 2.45) is 0 Å². The molecule has 2 N–H and O–H groups in total. The fourth-order valence-corrected chi connectivity index (χ4v) is 1.38. The Morgan fingerprint density at radius 3 is 2.82 bits per heavy atom. The molecule has 1 aromatic heterocycles. The van der Waals surface area contributed by atoms with Gasteiger partial charge in [0.25, 0.3) is 0 Å². The van der Waals surface area contributed by atoms with Crippen molar-refractivity contribution in [2.75, 3.05) is 0 Å². The molecule has 0 fully saturated rings. The number of aromatic nitrogens is 1. The lowest BCUT2D eigenvalue weighted by molar-refractivity contribution is -0.131. The number of hydrogen-bond acceptors (Lipinski definition) is 4. The molecule has 0 aliphatic carbocycles. The summed E-state index contributed by atoms with van der Waals surface area (Å²) in [6.07, 6.45) is 3.92. The van der Waals surface area contributed by atoms with Crippen molar-refractivity contribution in [1.29, 1.82) is 0 Å². The second-order valence-electron chi connectivity index (χ2n) is 3.32. The summed E-state index contributed by atoms with van der Waals surface area (Å²) in [5.74, 6) is -0.554. The zero-order valence-corrected chi connectivity index (χ0v) is 8.70. The molecule has 2 aromatic rings. The van der Waals surface area contributed by atoms with Gasteiger partial charge in [0.05, 0.1) is 11.8 Å². The first-order valence-electron chi connectivity index (χ1n) is 4.82. The number of carboxylic acid groups (broad SMARTS) is 1. The summed E-state index contributed by atoms with van der Waals surface area (Å²) < 4.78 is 4.93.